The Labute approximate surface area is 216 Å². The maximum Gasteiger partial charge on any atom is 0.253 e. The van der Waals surface area contributed by atoms with E-state index in [1.54, 1.807) is 7.11 Å². The number of methoxy groups -OCH3 is 1. The van der Waals surface area contributed by atoms with E-state index in [9.17, 15) is 4.79 Å². The zero-order valence-electron chi connectivity index (χ0n) is 21.1. The Kier molecular flexibility index (Phi) is 7.90. The zero-order chi connectivity index (χ0) is 25.7. The van der Waals surface area contributed by atoms with Crippen molar-refractivity contribution in [2.24, 2.45) is 0 Å². The topological polar surface area (TPSA) is 66.6 Å². The molecule has 0 radical (unpaired) electrons. The molecular weight excluding hydrogens is 470 g/mol. The predicted molar refractivity (Wildman–Crippen MR) is 150 cm³/mol. The van der Waals surface area contributed by atoms with E-state index in [4.69, 9.17) is 21.7 Å². The van der Waals surface area contributed by atoms with Gasteiger partial charge in [0.05, 0.1) is 20.3 Å². The lowest BCUT2D eigenvalue weighted by molar-refractivity contribution is 0.340. The third-order valence-electron chi connectivity index (χ3n) is 6.13. The molecule has 0 spiro atoms. The molecule has 0 unspecified atom stereocenters. The van der Waals surface area contributed by atoms with Crippen molar-refractivity contribution in [2.45, 2.75) is 33.9 Å². The molecular formula is C29H31N3O3S. The Morgan fingerprint density at radius 2 is 1.61 bits per heavy atom. The summed E-state index contributed by atoms with van der Waals surface area (Å²) in [5.74, 6) is 1.59. The van der Waals surface area contributed by atoms with Gasteiger partial charge in [-0.15, -0.1) is 0 Å². The third kappa shape index (κ3) is 6.04. The number of hydrogen-bond donors (Lipinski definition) is 2. The van der Waals surface area contributed by atoms with Gasteiger partial charge in [-0.3, -0.25) is 4.79 Å². The molecule has 0 atom stereocenters. The summed E-state index contributed by atoms with van der Waals surface area (Å²) in [5.41, 5.74) is 5.60. The lowest BCUT2D eigenvalue weighted by Crippen LogP contribution is -2.35. The Bertz CT molecular complexity index is 1410. The minimum absolute atomic E-state index is 0.116. The molecule has 0 aliphatic heterocycles. The normalized spacial score (nSPS) is 10.8. The molecule has 4 aromatic rings. The highest BCUT2D eigenvalue weighted by Gasteiger charge is 2.15. The van der Waals surface area contributed by atoms with Gasteiger partial charge in [0.1, 0.15) is 11.5 Å². The van der Waals surface area contributed by atoms with Gasteiger partial charge in [0.25, 0.3) is 5.56 Å². The van der Waals surface area contributed by atoms with E-state index in [0.29, 0.717) is 30.4 Å². The van der Waals surface area contributed by atoms with Crippen molar-refractivity contribution in [2.75, 3.05) is 19.0 Å². The highest BCUT2D eigenvalue weighted by Crippen LogP contribution is 2.21. The van der Waals surface area contributed by atoms with Crippen molar-refractivity contribution < 1.29 is 9.47 Å². The van der Waals surface area contributed by atoms with Gasteiger partial charge < -0.3 is 24.7 Å². The number of ether oxygens (including phenoxy) is 2. The summed E-state index contributed by atoms with van der Waals surface area (Å²) in [6.07, 6.45) is 0. The van der Waals surface area contributed by atoms with Crippen LogP contribution >= 0.6 is 12.2 Å². The number of aromatic nitrogens is 1. The van der Waals surface area contributed by atoms with Crippen molar-refractivity contribution >= 4 is 33.9 Å². The number of nitrogens with zero attached hydrogens (tertiary/aromatic N) is 1. The maximum atomic E-state index is 13.0. The molecule has 3 aromatic carbocycles. The summed E-state index contributed by atoms with van der Waals surface area (Å²) in [6.45, 7) is 7.56. The molecule has 0 aliphatic carbocycles. The van der Waals surface area contributed by atoms with Gasteiger partial charge in [0.15, 0.2) is 5.11 Å². The highest BCUT2D eigenvalue weighted by molar-refractivity contribution is 7.80. The lowest BCUT2D eigenvalue weighted by atomic mass is 10.0. The number of nitrogens with one attached hydrogen (secondary N) is 2. The molecule has 0 amide bonds. The summed E-state index contributed by atoms with van der Waals surface area (Å²) in [6, 6.07) is 21.6. The molecule has 6 nitrogen and oxygen atoms in total. The number of benzene rings is 3. The van der Waals surface area contributed by atoms with Crippen LogP contribution in [0.4, 0.5) is 5.69 Å². The largest absolute Gasteiger partial charge is 0.497 e. The number of aromatic amines is 1. The van der Waals surface area contributed by atoms with Crippen LogP contribution in [0.25, 0.3) is 10.9 Å². The number of hydrogen-bond acceptors (Lipinski definition) is 4. The van der Waals surface area contributed by atoms with Crippen LogP contribution in [0, 0.1) is 13.8 Å². The predicted octanol–water partition coefficient (Wildman–Crippen LogP) is 5.95. The fourth-order valence-corrected chi connectivity index (χ4v) is 4.25. The van der Waals surface area contributed by atoms with Gasteiger partial charge in [0.2, 0.25) is 0 Å². The van der Waals surface area contributed by atoms with Gasteiger partial charge in [-0.1, -0.05) is 12.1 Å². The van der Waals surface area contributed by atoms with Crippen molar-refractivity contribution in [1.82, 2.24) is 9.88 Å². The Balaban J connectivity index is 1.62. The zero-order valence-corrected chi connectivity index (χ0v) is 21.9. The average Bonchev–Trinajstić information content (AvgIpc) is 2.87. The first-order chi connectivity index (χ1) is 17.4. The van der Waals surface area contributed by atoms with Gasteiger partial charge >= 0.3 is 0 Å². The first-order valence-electron chi connectivity index (χ1n) is 11.9. The number of pyridine rings is 1. The second-order valence-electron chi connectivity index (χ2n) is 8.74. The summed E-state index contributed by atoms with van der Waals surface area (Å²) in [7, 11) is 1.65. The Morgan fingerprint density at radius 3 is 2.28 bits per heavy atom. The third-order valence-corrected chi connectivity index (χ3v) is 6.49. The quantitative estimate of drug-likeness (QED) is 0.291. The fourth-order valence-electron chi connectivity index (χ4n) is 4.00. The van der Waals surface area contributed by atoms with E-state index in [1.165, 1.54) is 5.56 Å². The number of thiocarbonyl (C=S) groups is 1. The molecule has 7 heteroatoms. The molecule has 0 saturated heterocycles. The van der Waals surface area contributed by atoms with E-state index < -0.39 is 0 Å². The van der Waals surface area contributed by atoms with Crippen LogP contribution in [0.5, 0.6) is 11.5 Å². The molecule has 1 heterocycles. The van der Waals surface area contributed by atoms with Crippen LogP contribution in [0.3, 0.4) is 0 Å². The maximum absolute atomic E-state index is 13.0. The number of H-pyrrole nitrogens is 1. The van der Waals surface area contributed by atoms with Crippen LogP contribution in [0.15, 0.2) is 71.5 Å². The summed E-state index contributed by atoms with van der Waals surface area (Å²) >= 11 is 5.81. The van der Waals surface area contributed by atoms with Crippen LogP contribution in [-0.4, -0.2) is 28.7 Å². The fraction of sp³-hybridized carbons (Fsp3) is 0.241. The number of anilines is 1. The van der Waals surface area contributed by atoms with Gasteiger partial charge in [-0.2, -0.15) is 0 Å². The second-order valence-corrected chi connectivity index (χ2v) is 9.13. The van der Waals surface area contributed by atoms with E-state index in [-0.39, 0.29) is 5.56 Å². The van der Waals surface area contributed by atoms with E-state index in [2.05, 4.69) is 23.3 Å². The standard InChI is InChI=1S/C29H31N3O3S/c1-5-35-26-12-8-24(9-13-26)30-29(36)32(17-21-6-10-25(34-4)11-7-21)18-23-16-22-14-19(2)20(3)15-27(22)31-28(23)33/h6-16H,5,17-18H2,1-4H3,(H,30,36)(H,31,33). The number of fused-ring (bicyclic) bond motifs is 1. The Morgan fingerprint density at radius 1 is 0.944 bits per heavy atom. The molecule has 4 rings (SSSR count). The van der Waals surface area contributed by atoms with Crippen LogP contribution < -0.4 is 20.3 Å². The number of aryl methyl sites for hydroxylation is 2. The van der Waals surface area contributed by atoms with E-state index >= 15 is 0 Å². The number of rotatable bonds is 8. The summed E-state index contributed by atoms with van der Waals surface area (Å²) in [4.78, 5) is 18.0. The first kappa shape index (κ1) is 25.3. The highest BCUT2D eigenvalue weighted by atomic mass is 32.1. The molecule has 0 bridgehead atoms. The van der Waals surface area contributed by atoms with Gasteiger partial charge in [-0.05, 0) is 110 Å². The second kappa shape index (κ2) is 11.3. The van der Waals surface area contributed by atoms with Crippen LogP contribution in [0.2, 0.25) is 0 Å². The smallest absolute Gasteiger partial charge is 0.253 e. The van der Waals surface area contributed by atoms with Crippen molar-refractivity contribution in [3.8, 4) is 11.5 Å². The first-order valence-corrected chi connectivity index (χ1v) is 12.3. The summed E-state index contributed by atoms with van der Waals surface area (Å²) in [5, 5.41) is 4.84. The van der Waals surface area contributed by atoms with E-state index in [1.807, 2.05) is 79.4 Å². The monoisotopic (exact) mass is 501 g/mol. The lowest BCUT2D eigenvalue weighted by Gasteiger charge is -2.26. The average molecular weight is 502 g/mol. The molecule has 1 aromatic heterocycles. The molecule has 2 N–H and O–H groups in total. The molecule has 36 heavy (non-hydrogen) atoms. The molecule has 0 saturated carbocycles. The van der Waals surface area contributed by atoms with Crippen LogP contribution in [-0.2, 0) is 13.1 Å². The summed E-state index contributed by atoms with van der Waals surface area (Å²) < 4.78 is 10.8. The molecule has 0 fully saturated rings. The minimum Gasteiger partial charge on any atom is -0.497 e. The SMILES string of the molecule is CCOc1ccc(NC(=S)N(Cc2ccc(OC)cc2)Cc2cc3cc(C)c(C)cc3[nH]c2=O)cc1. The molecule has 0 aliphatic rings. The Hall–Kier alpha value is -3.84. The van der Waals surface area contributed by atoms with Gasteiger partial charge in [-0.25, -0.2) is 0 Å². The minimum atomic E-state index is -0.116. The van der Waals surface area contributed by atoms with Crippen LogP contribution in [0.1, 0.15) is 29.2 Å². The van der Waals surface area contributed by atoms with Crippen molar-refractivity contribution in [1.29, 1.82) is 0 Å². The van der Waals surface area contributed by atoms with E-state index in [0.717, 1.165) is 39.2 Å². The van der Waals surface area contributed by atoms with Crippen molar-refractivity contribution in [3.63, 3.8) is 0 Å². The van der Waals surface area contributed by atoms with Gasteiger partial charge in [0, 0.05) is 23.3 Å². The van der Waals surface area contributed by atoms with Crippen molar-refractivity contribution in [3.05, 3.63) is 99.3 Å². The molecule has 186 valence electrons.